The monoisotopic (exact) mass is 289 g/mol. The van der Waals surface area contributed by atoms with Crippen molar-refractivity contribution in [3.8, 4) is 0 Å². The number of piperidine rings is 1. The Labute approximate surface area is 130 Å². The zero-order valence-electron chi connectivity index (χ0n) is 13.9. The van der Waals surface area contributed by atoms with Crippen LogP contribution in [-0.4, -0.2) is 55.6 Å². The van der Waals surface area contributed by atoms with Gasteiger partial charge < -0.3 is 10.2 Å². The Bertz CT molecular complexity index is 391. The molecular formula is C18H31N3. The largest absolute Gasteiger partial charge is 0.310 e. The van der Waals surface area contributed by atoms with Crippen molar-refractivity contribution in [1.82, 2.24) is 15.1 Å². The first-order valence-electron chi connectivity index (χ1n) is 8.30. The third-order valence-corrected chi connectivity index (χ3v) is 4.28. The van der Waals surface area contributed by atoms with Gasteiger partial charge in [0, 0.05) is 25.2 Å². The molecule has 2 rings (SSSR count). The molecule has 0 saturated carbocycles. The molecule has 3 nitrogen and oxygen atoms in total. The molecule has 1 N–H and O–H groups in total. The van der Waals surface area contributed by atoms with Crippen LogP contribution in [0.1, 0.15) is 31.7 Å². The van der Waals surface area contributed by atoms with Crippen LogP contribution >= 0.6 is 0 Å². The Morgan fingerprint density at radius 1 is 1.29 bits per heavy atom. The number of rotatable bonds is 7. The van der Waals surface area contributed by atoms with Crippen molar-refractivity contribution in [2.24, 2.45) is 0 Å². The molecule has 0 aliphatic carbocycles. The van der Waals surface area contributed by atoms with Crippen molar-refractivity contribution >= 4 is 0 Å². The zero-order valence-corrected chi connectivity index (χ0v) is 13.9. The molecule has 2 unspecified atom stereocenters. The summed E-state index contributed by atoms with van der Waals surface area (Å²) >= 11 is 0. The van der Waals surface area contributed by atoms with Crippen LogP contribution in [0.25, 0.3) is 0 Å². The molecule has 0 radical (unpaired) electrons. The van der Waals surface area contributed by atoms with E-state index in [9.17, 15) is 0 Å². The van der Waals surface area contributed by atoms with Crippen molar-refractivity contribution in [3.05, 3.63) is 35.9 Å². The number of nitrogens with zero attached hydrogens (tertiary/aromatic N) is 2. The van der Waals surface area contributed by atoms with Gasteiger partial charge in [-0.25, -0.2) is 0 Å². The molecule has 1 aliphatic rings. The normalized spacial score (nSPS) is 21.6. The second kappa shape index (κ2) is 8.52. The van der Waals surface area contributed by atoms with Crippen LogP contribution in [0.15, 0.2) is 30.3 Å². The summed E-state index contributed by atoms with van der Waals surface area (Å²) < 4.78 is 0. The Morgan fingerprint density at radius 3 is 2.76 bits per heavy atom. The third-order valence-electron chi connectivity index (χ3n) is 4.28. The Kier molecular flexibility index (Phi) is 6.68. The van der Waals surface area contributed by atoms with E-state index in [0.29, 0.717) is 12.1 Å². The van der Waals surface area contributed by atoms with Crippen LogP contribution in [0.2, 0.25) is 0 Å². The van der Waals surface area contributed by atoms with E-state index in [-0.39, 0.29) is 0 Å². The van der Waals surface area contributed by atoms with Crippen LogP contribution in [0.5, 0.6) is 0 Å². The van der Waals surface area contributed by atoms with Gasteiger partial charge in [0.2, 0.25) is 0 Å². The zero-order chi connectivity index (χ0) is 15.1. The molecule has 0 spiro atoms. The average molecular weight is 289 g/mol. The Morgan fingerprint density at radius 2 is 2.05 bits per heavy atom. The van der Waals surface area contributed by atoms with Gasteiger partial charge in [-0.05, 0) is 58.9 Å². The predicted molar refractivity (Wildman–Crippen MR) is 90.5 cm³/mol. The molecule has 1 aromatic rings. The van der Waals surface area contributed by atoms with E-state index >= 15 is 0 Å². The lowest BCUT2D eigenvalue weighted by atomic mass is 10.0. The minimum absolute atomic E-state index is 0.606. The Hall–Kier alpha value is -0.900. The highest BCUT2D eigenvalue weighted by molar-refractivity contribution is 5.14. The summed E-state index contributed by atoms with van der Waals surface area (Å²) in [5, 5.41) is 3.82. The average Bonchev–Trinajstić information content (AvgIpc) is 2.46. The number of nitrogens with one attached hydrogen (secondary N) is 1. The van der Waals surface area contributed by atoms with Crippen molar-refractivity contribution in [1.29, 1.82) is 0 Å². The van der Waals surface area contributed by atoms with Gasteiger partial charge in [0.05, 0.1) is 0 Å². The van der Waals surface area contributed by atoms with Crippen LogP contribution in [0.4, 0.5) is 0 Å². The molecule has 0 amide bonds. The summed E-state index contributed by atoms with van der Waals surface area (Å²) in [7, 11) is 4.30. The van der Waals surface area contributed by atoms with Crippen LogP contribution in [-0.2, 0) is 6.54 Å². The molecule has 1 aromatic carbocycles. The minimum Gasteiger partial charge on any atom is -0.310 e. The SMILES string of the molecule is CC(CCN(C)C)NC1CCCN(Cc2ccccc2)C1. The molecule has 0 aromatic heterocycles. The minimum atomic E-state index is 0.606. The molecule has 1 aliphatic heterocycles. The maximum absolute atomic E-state index is 3.82. The highest BCUT2D eigenvalue weighted by Gasteiger charge is 2.21. The van der Waals surface area contributed by atoms with Crippen LogP contribution in [0, 0.1) is 0 Å². The second-order valence-electron chi connectivity index (χ2n) is 6.72. The molecule has 21 heavy (non-hydrogen) atoms. The predicted octanol–water partition coefficient (Wildman–Crippen LogP) is 2.58. The van der Waals surface area contributed by atoms with Crippen molar-refractivity contribution in [3.63, 3.8) is 0 Å². The molecule has 1 saturated heterocycles. The van der Waals surface area contributed by atoms with Crippen LogP contribution < -0.4 is 5.32 Å². The van der Waals surface area contributed by atoms with E-state index in [4.69, 9.17) is 0 Å². The lowest BCUT2D eigenvalue weighted by molar-refractivity contribution is 0.174. The first-order valence-corrected chi connectivity index (χ1v) is 8.30. The quantitative estimate of drug-likeness (QED) is 0.832. The van der Waals surface area contributed by atoms with E-state index in [1.807, 2.05) is 0 Å². The molecular weight excluding hydrogens is 258 g/mol. The van der Waals surface area contributed by atoms with Crippen LogP contribution in [0.3, 0.4) is 0 Å². The van der Waals surface area contributed by atoms with E-state index < -0.39 is 0 Å². The van der Waals surface area contributed by atoms with Gasteiger partial charge in [0.15, 0.2) is 0 Å². The lowest BCUT2D eigenvalue weighted by Crippen LogP contribution is -2.48. The molecule has 3 heteroatoms. The Balaban J connectivity index is 1.75. The van der Waals surface area contributed by atoms with Crippen molar-refractivity contribution in [2.45, 2.75) is 44.8 Å². The highest BCUT2D eigenvalue weighted by Crippen LogP contribution is 2.14. The van der Waals surface area contributed by atoms with E-state index in [1.54, 1.807) is 0 Å². The van der Waals surface area contributed by atoms with Gasteiger partial charge in [0.1, 0.15) is 0 Å². The number of benzene rings is 1. The maximum Gasteiger partial charge on any atom is 0.0234 e. The number of hydrogen-bond acceptors (Lipinski definition) is 3. The molecule has 118 valence electrons. The maximum atomic E-state index is 3.82. The molecule has 1 fully saturated rings. The summed E-state index contributed by atoms with van der Waals surface area (Å²) in [5.41, 5.74) is 1.43. The van der Waals surface area contributed by atoms with E-state index in [2.05, 4.69) is 66.5 Å². The summed E-state index contributed by atoms with van der Waals surface area (Å²) in [4.78, 5) is 4.86. The summed E-state index contributed by atoms with van der Waals surface area (Å²) in [6, 6.07) is 12.1. The number of hydrogen-bond donors (Lipinski definition) is 1. The molecule has 1 heterocycles. The third kappa shape index (κ3) is 6.16. The van der Waals surface area contributed by atoms with Gasteiger partial charge in [-0.3, -0.25) is 4.90 Å². The number of likely N-dealkylation sites (tertiary alicyclic amines) is 1. The van der Waals surface area contributed by atoms with Crippen molar-refractivity contribution in [2.75, 3.05) is 33.7 Å². The van der Waals surface area contributed by atoms with E-state index in [0.717, 1.165) is 13.1 Å². The van der Waals surface area contributed by atoms with Gasteiger partial charge in [-0.2, -0.15) is 0 Å². The summed E-state index contributed by atoms with van der Waals surface area (Å²) in [6.07, 6.45) is 3.85. The van der Waals surface area contributed by atoms with Gasteiger partial charge in [-0.1, -0.05) is 30.3 Å². The van der Waals surface area contributed by atoms with Gasteiger partial charge in [-0.15, -0.1) is 0 Å². The fourth-order valence-electron chi connectivity index (χ4n) is 3.11. The molecule has 2 atom stereocenters. The fourth-order valence-corrected chi connectivity index (χ4v) is 3.11. The van der Waals surface area contributed by atoms with E-state index in [1.165, 1.54) is 37.9 Å². The topological polar surface area (TPSA) is 18.5 Å². The second-order valence-corrected chi connectivity index (χ2v) is 6.72. The fraction of sp³-hybridized carbons (Fsp3) is 0.667. The first-order chi connectivity index (χ1) is 10.1. The smallest absolute Gasteiger partial charge is 0.0234 e. The summed E-state index contributed by atoms with van der Waals surface area (Å²) in [5.74, 6) is 0. The highest BCUT2D eigenvalue weighted by atomic mass is 15.2. The van der Waals surface area contributed by atoms with Gasteiger partial charge in [0.25, 0.3) is 0 Å². The standard InChI is InChI=1S/C18H31N3/c1-16(11-13-20(2)3)19-18-10-7-12-21(15-18)14-17-8-5-4-6-9-17/h4-6,8-9,16,18-19H,7,10-15H2,1-3H3. The lowest BCUT2D eigenvalue weighted by Gasteiger charge is -2.35. The van der Waals surface area contributed by atoms with Gasteiger partial charge >= 0.3 is 0 Å². The molecule has 0 bridgehead atoms. The van der Waals surface area contributed by atoms with Crippen molar-refractivity contribution < 1.29 is 0 Å². The summed E-state index contributed by atoms with van der Waals surface area (Å²) in [6.45, 7) is 6.99. The first kappa shape index (κ1) is 16.5.